The molecule has 13 heavy (non-hydrogen) atoms. The summed E-state index contributed by atoms with van der Waals surface area (Å²) in [5.41, 5.74) is 0.550. The summed E-state index contributed by atoms with van der Waals surface area (Å²) in [7, 11) is 0. The summed E-state index contributed by atoms with van der Waals surface area (Å²) in [5, 5.41) is 0.703. The molecular formula is C9H7Cl2F2. The van der Waals surface area contributed by atoms with Gasteiger partial charge in [0.15, 0.2) is 0 Å². The van der Waals surface area contributed by atoms with Crippen LogP contribution in [0.1, 0.15) is 12.0 Å². The third-order valence-corrected chi connectivity index (χ3v) is 2.33. The largest absolute Gasteiger partial charge is 0.239 e. The van der Waals surface area contributed by atoms with Gasteiger partial charge in [0.25, 0.3) is 0 Å². The van der Waals surface area contributed by atoms with Crippen LogP contribution in [0.15, 0.2) is 18.2 Å². The van der Waals surface area contributed by atoms with Crippen LogP contribution in [0.2, 0.25) is 10.0 Å². The summed E-state index contributed by atoms with van der Waals surface area (Å²) in [6.07, 6.45) is -1.28. The smallest absolute Gasteiger partial charge is 0.211 e. The van der Waals surface area contributed by atoms with E-state index in [2.05, 4.69) is 0 Å². The fourth-order valence-corrected chi connectivity index (χ4v) is 1.28. The van der Waals surface area contributed by atoms with Gasteiger partial charge in [-0.15, -0.1) is 0 Å². The summed E-state index contributed by atoms with van der Waals surface area (Å²) in [6, 6.07) is 4.94. The number of alkyl halides is 2. The Balaban J connectivity index is 2.71. The first kappa shape index (κ1) is 10.7. The van der Waals surface area contributed by atoms with E-state index in [9.17, 15) is 8.78 Å². The summed E-state index contributed by atoms with van der Waals surface area (Å²) in [4.78, 5) is 0. The zero-order valence-corrected chi connectivity index (χ0v) is 8.12. The van der Waals surface area contributed by atoms with Crippen LogP contribution in [0, 0.1) is 6.42 Å². The lowest BCUT2D eigenvalue weighted by Gasteiger charge is -2.04. The van der Waals surface area contributed by atoms with Crippen molar-refractivity contribution in [2.24, 2.45) is 0 Å². The normalized spacial score (nSPS) is 10.8. The minimum atomic E-state index is -2.35. The molecule has 0 aliphatic rings. The third-order valence-electron chi connectivity index (χ3n) is 1.50. The van der Waals surface area contributed by atoms with E-state index >= 15 is 0 Å². The van der Waals surface area contributed by atoms with Crippen molar-refractivity contribution in [3.05, 3.63) is 40.2 Å². The topological polar surface area (TPSA) is 0 Å². The predicted molar refractivity (Wildman–Crippen MR) is 50.5 cm³/mol. The molecule has 0 heterocycles. The van der Waals surface area contributed by atoms with Gasteiger partial charge in [0.1, 0.15) is 0 Å². The molecule has 0 N–H and O–H groups in total. The van der Waals surface area contributed by atoms with Gasteiger partial charge in [0.05, 0.1) is 10.0 Å². The average Bonchev–Trinajstić information content (AvgIpc) is 2.07. The lowest BCUT2D eigenvalue weighted by Crippen LogP contribution is -1.92. The number of hydrogen-bond acceptors (Lipinski definition) is 0. The van der Waals surface area contributed by atoms with Crippen LogP contribution in [-0.4, -0.2) is 6.43 Å². The van der Waals surface area contributed by atoms with Gasteiger partial charge in [0.2, 0.25) is 6.43 Å². The van der Waals surface area contributed by atoms with Crippen LogP contribution in [0.25, 0.3) is 0 Å². The van der Waals surface area contributed by atoms with Crippen LogP contribution in [0.5, 0.6) is 0 Å². The van der Waals surface area contributed by atoms with Crippen molar-refractivity contribution in [1.29, 1.82) is 0 Å². The minimum Gasteiger partial charge on any atom is -0.211 e. The second-order valence-corrected chi connectivity index (χ2v) is 3.26. The highest BCUT2D eigenvalue weighted by atomic mass is 35.5. The minimum absolute atomic E-state index is 0.305. The Bertz CT molecular complexity index is 287. The molecule has 0 aromatic heterocycles. The van der Waals surface area contributed by atoms with E-state index in [0.717, 1.165) is 0 Å². The molecule has 0 saturated carbocycles. The van der Waals surface area contributed by atoms with Crippen molar-refractivity contribution in [3.8, 4) is 0 Å². The van der Waals surface area contributed by atoms with Crippen LogP contribution in [-0.2, 0) is 0 Å². The van der Waals surface area contributed by atoms with Crippen molar-refractivity contribution in [3.63, 3.8) is 0 Å². The third kappa shape index (κ3) is 3.12. The maximum absolute atomic E-state index is 11.8. The Hall–Kier alpha value is -0.340. The Morgan fingerprint density at radius 3 is 2.62 bits per heavy atom. The second-order valence-electron chi connectivity index (χ2n) is 2.47. The zero-order chi connectivity index (χ0) is 9.84. The molecule has 1 radical (unpaired) electrons. The number of rotatable bonds is 3. The molecule has 0 unspecified atom stereocenters. The molecule has 0 bridgehead atoms. The van der Waals surface area contributed by atoms with Gasteiger partial charge < -0.3 is 0 Å². The molecule has 4 heteroatoms. The lowest BCUT2D eigenvalue weighted by molar-refractivity contribution is 0.148. The summed E-state index contributed by atoms with van der Waals surface area (Å²) < 4.78 is 23.7. The molecule has 0 atom stereocenters. The van der Waals surface area contributed by atoms with Gasteiger partial charge in [-0.2, -0.15) is 0 Å². The molecule has 1 rings (SSSR count). The Kier molecular flexibility index (Phi) is 3.94. The number of benzene rings is 1. The molecule has 1 aromatic carbocycles. The summed E-state index contributed by atoms with van der Waals surface area (Å²) in [6.45, 7) is 0. The number of hydrogen-bond donors (Lipinski definition) is 0. The van der Waals surface area contributed by atoms with E-state index in [4.69, 9.17) is 23.2 Å². The highest BCUT2D eigenvalue weighted by Gasteiger charge is 2.08. The van der Waals surface area contributed by atoms with E-state index in [0.29, 0.717) is 15.6 Å². The van der Waals surface area contributed by atoms with E-state index in [1.807, 2.05) is 0 Å². The van der Waals surface area contributed by atoms with Gasteiger partial charge in [-0.25, -0.2) is 8.78 Å². The van der Waals surface area contributed by atoms with Crippen molar-refractivity contribution < 1.29 is 8.78 Å². The molecule has 0 spiro atoms. The molecule has 0 fully saturated rings. The SMILES string of the molecule is FC(F)C[CH]c1cccc(Cl)c1Cl. The van der Waals surface area contributed by atoms with Crippen LogP contribution >= 0.6 is 23.2 Å². The first-order valence-corrected chi connectivity index (χ1v) is 4.42. The van der Waals surface area contributed by atoms with Crippen LogP contribution in [0.4, 0.5) is 8.78 Å². The predicted octanol–water partition coefficient (Wildman–Crippen LogP) is 4.20. The van der Waals surface area contributed by atoms with Gasteiger partial charge in [-0.3, -0.25) is 0 Å². The van der Waals surface area contributed by atoms with Gasteiger partial charge in [0, 0.05) is 6.42 Å². The highest BCUT2D eigenvalue weighted by Crippen LogP contribution is 2.27. The van der Waals surface area contributed by atoms with E-state index in [1.165, 1.54) is 6.42 Å². The van der Waals surface area contributed by atoms with E-state index < -0.39 is 6.43 Å². The fraction of sp³-hybridized carbons (Fsp3) is 0.222. The van der Waals surface area contributed by atoms with E-state index in [1.54, 1.807) is 18.2 Å². The van der Waals surface area contributed by atoms with Crippen molar-refractivity contribution in [1.82, 2.24) is 0 Å². The first-order chi connectivity index (χ1) is 6.11. The standard InChI is InChI=1S/C9H7Cl2F2/c10-7-3-1-2-6(9(7)11)4-5-8(12)13/h1-4,8H,5H2. The zero-order valence-electron chi connectivity index (χ0n) is 6.61. The van der Waals surface area contributed by atoms with E-state index in [-0.39, 0.29) is 6.42 Å². The van der Waals surface area contributed by atoms with Gasteiger partial charge in [-0.05, 0) is 18.1 Å². The monoisotopic (exact) mass is 223 g/mol. The Labute approximate surface area is 85.5 Å². The van der Waals surface area contributed by atoms with Gasteiger partial charge >= 0.3 is 0 Å². The van der Waals surface area contributed by atoms with Crippen LogP contribution in [0.3, 0.4) is 0 Å². The highest BCUT2D eigenvalue weighted by molar-refractivity contribution is 6.42. The first-order valence-electron chi connectivity index (χ1n) is 3.66. The second kappa shape index (κ2) is 4.77. The average molecular weight is 224 g/mol. The Morgan fingerprint density at radius 1 is 1.31 bits per heavy atom. The molecule has 0 saturated heterocycles. The molecule has 0 aliphatic heterocycles. The Morgan fingerprint density at radius 2 is 2.00 bits per heavy atom. The maximum Gasteiger partial charge on any atom is 0.239 e. The van der Waals surface area contributed by atoms with Crippen LogP contribution < -0.4 is 0 Å². The van der Waals surface area contributed by atoms with Crippen molar-refractivity contribution in [2.75, 3.05) is 0 Å². The van der Waals surface area contributed by atoms with Crippen molar-refractivity contribution in [2.45, 2.75) is 12.8 Å². The van der Waals surface area contributed by atoms with Crippen molar-refractivity contribution >= 4 is 23.2 Å². The molecule has 0 nitrogen and oxygen atoms in total. The quantitative estimate of drug-likeness (QED) is 0.721. The molecule has 0 amide bonds. The molecule has 71 valence electrons. The number of halogens is 4. The lowest BCUT2D eigenvalue weighted by atomic mass is 10.1. The molecular weight excluding hydrogens is 217 g/mol. The summed E-state index contributed by atoms with van der Waals surface area (Å²) >= 11 is 11.5. The molecule has 0 aliphatic carbocycles. The fourth-order valence-electron chi connectivity index (χ4n) is 0.894. The molecule has 1 aromatic rings. The van der Waals surface area contributed by atoms with Gasteiger partial charge in [-0.1, -0.05) is 35.3 Å². The maximum atomic E-state index is 11.8. The summed E-state index contributed by atoms with van der Waals surface area (Å²) in [5.74, 6) is 0.